The normalized spacial score (nSPS) is 33.5. The molecule has 2 saturated heterocycles. The molecule has 3 atom stereocenters. The molecule has 3 unspecified atom stereocenters. The molecule has 0 aromatic heterocycles. The lowest BCUT2D eigenvalue weighted by Crippen LogP contribution is -2.46. The van der Waals surface area contributed by atoms with Gasteiger partial charge in [0.15, 0.2) is 0 Å². The first-order valence-corrected chi connectivity index (χ1v) is 8.41. The molecule has 1 amide bonds. The Morgan fingerprint density at radius 2 is 2.10 bits per heavy atom. The van der Waals surface area contributed by atoms with Crippen molar-refractivity contribution in [3.63, 3.8) is 0 Å². The summed E-state index contributed by atoms with van der Waals surface area (Å²) < 4.78 is 5.71. The molecule has 3 aliphatic rings. The van der Waals surface area contributed by atoms with Crippen molar-refractivity contribution in [2.24, 2.45) is 11.8 Å². The number of amides is 1. The Labute approximate surface area is 122 Å². The zero-order chi connectivity index (χ0) is 13.9. The summed E-state index contributed by atoms with van der Waals surface area (Å²) in [5.74, 6) is 1.23. The molecule has 0 radical (unpaired) electrons. The Balaban J connectivity index is 1.61. The molecule has 1 aliphatic carbocycles. The summed E-state index contributed by atoms with van der Waals surface area (Å²) in [6, 6.07) is 0.514. The first kappa shape index (κ1) is 14.3. The molecular formula is C16H28N2O2. The summed E-state index contributed by atoms with van der Waals surface area (Å²) >= 11 is 0. The lowest BCUT2D eigenvalue weighted by Gasteiger charge is -2.30. The van der Waals surface area contributed by atoms with Crippen LogP contribution >= 0.6 is 0 Å². The predicted octanol–water partition coefficient (Wildman–Crippen LogP) is 1.79. The monoisotopic (exact) mass is 280 g/mol. The van der Waals surface area contributed by atoms with Crippen molar-refractivity contribution >= 4 is 5.91 Å². The Hall–Kier alpha value is -0.610. The van der Waals surface area contributed by atoms with Gasteiger partial charge in [-0.15, -0.1) is 0 Å². The number of carbonyl (C=O) groups excluding carboxylic acids is 1. The van der Waals surface area contributed by atoms with E-state index in [-0.39, 0.29) is 12.0 Å². The fourth-order valence-electron chi connectivity index (χ4n) is 3.61. The van der Waals surface area contributed by atoms with Crippen LogP contribution in [0, 0.1) is 11.8 Å². The number of ether oxygens (including phenoxy) is 1. The van der Waals surface area contributed by atoms with Gasteiger partial charge >= 0.3 is 0 Å². The van der Waals surface area contributed by atoms with E-state index < -0.39 is 0 Å². The van der Waals surface area contributed by atoms with Crippen LogP contribution in [0.2, 0.25) is 0 Å². The van der Waals surface area contributed by atoms with Crippen molar-refractivity contribution < 1.29 is 9.53 Å². The fourth-order valence-corrected chi connectivity index (χ4v) is 3.61. The van der Waals surface area contributed by atoms with E-state index in [9.17, 15) is 4.79 Å². The average Bonchev–Trinajstić information content (AvgIpc) is 2.95. The Morgan fingerprint density at radius 1 is 1.25 bits per heavy atom. The first-order chi connectivity index (χ1) is 9.78. The first-order valence-electron chi connectivity index (χ1n) is 8.41. The number of carbonyl (C=O) groups is 1. The van der Waals surface area contributed by atoms with Gasteiger partial charge in [0.05, 0.1) is 12.0 Å². The minimum absolute atomic E-state index is 0.111. The molecule has 20 heavy (non-hydrogen) atoms. The Kier molecular flexibility index (Phi) is 4.61. The molecule has 0 bridgehead atoms. The van der Waals surface area contributed by atoms with Crippen LogP contribution < -0.4 is 5.32 Å². The van der Waals surface area contributed by atoms with Gasteiger partial charge in [-0.3, -0.25) is 4.79 Å². The highest BCUT2D eigenvalue weighted by Crippen LogP contribution is 2.32. The molecular weight excluding hydrogens is 252 g/mol. The van der Waals surface area contributed by atoms with Crippen molar-refractivity contribution in [2.45, 2.75) is 57.6 Å². The lowest BCUT2D eigenvalue weighted by atomic mass is 9.97. The van der Waals surface area contributed by atoms with Gasteiger partial charge in [0.2, 0.25) is 5.91 Å². The topological polar surface area (TPSA) is 41.6 Å². The van der Waals surface area contributed by atoms with Crippen LogP contribution in [0.4, 0.5) is 0 Å². The Bertz CT molecular complexity index is 337. The van der Waals surface area contributed by atoms with Crippen LogP contribution in [0.5, 0.6) is 0 Å². The van der Waals surface area contributed by atoms with Gasteiger partial charge in [-0.2, -0.15) is 0 Å². The molecule has 0 spiro atoms. The average molecular weight is 280 g/mol. The second kappa shape index (κ2) is 6.44. The second-order valence-corrected chi connectivity index (χ2v) is 6.69. The van der Waals surface area contributed by atoms with E-state index in [2.05, 4.69) is 17.1 Å². The highest BCUT2D eigenvalue weighted by atomic mass is 16.5. The van der Waals surface area contributed by atoms with E-state index in [1.807, 2.05) is 0 Å². The summed E-state index contributed by atoms with van der Waals surface area (Å²) in [4.78, 5) is 15.0. The molecule has 2 heterocycles. The maximum absolute atomic E-state index is 12.9. The van der Waals surface area contributed by atoms with Crippen molar-refractivity contribution in [3.8, 4) is 0 Å². The van der Waals surface area contributed by atoms with Gasteiger partial charge in [-0.1, -0.05) is 6.92 Å². The minimum atomic E-state index is 0.111. The highest BCUT2D eigenvalue weighted by Gasteiger charge is 2.38. The highest BCUT2D eigenvalue weighted by molar-refractivity contribution is 5.79. The number of rotatable bonds is 6. The molecule has 4 heteroatoms. The molecule has 0 aromatic rings. The zero-order valence-corrected chi connectivity index (χ0v) is 12.6. The van der Waals surface area contributed by atoms with Gasteiger partial charge in [-0.05, 0) is 51.0 Å². The summed E-state index contributed by atoms with van der Waals surface area (Å²) in [6.07, 6.45) is 7.10. The fraction of sp³-hybridized carbons (Fsp3) is 0.938. The quantitative estimate of drug-likeness (QED) is 0.806. The standard InChI is InChI=1S/C16H28N2O2/c1-2-15-14(7-9-20-15)16(19)18(10-12-5-6-12)11-13-4-3-8-17-13/h12-15,17H,2-11H2,1H3. The SMILES string of the molecule is CCC1OCCC1C(=O)N(CC1CC1)CC1CCCN1. The van der Waals surface area contributed by atoms with Crippen molar-refractivity contribution in [1.82, 2.24) is 10.2 Å². The molecule has 0 aromatic carbocycles. The lowest BCUT2D eigenvalue weighted by molar-refractivity contribution is -0.138. The Morgan fingerprint density at radius 3 is 2.75 bits per heavy atom. The maximum Gasteiger partial charge on any atom is 0.228 e. The summed E-state index contributed by atoms with van der Waals surface area (Å²) in [6.45, 7) is 5.88. The summed E-state index contributed by atoms with van der Waals surface area (Å²) in [5, 5.41) is 3.53. The van der Waals surface area contributed by atoms with Crippen LogP contribution in [0.15, 0.2) is 0 Å². The maximum atomic E-state index is 12.9. The third-order valence-corrected chi connectivity index (χ3v) is 5.02. The van der Waals surface area contributed by atoms with Crippen LogP contribution in [0.25, 0.3) is 0 Å². The van der Waals surface area contributed by atoms with Crippen LogP contribution in [-0.2, 0) is 9.53 Å². The van der Waals surface area contributed by atoms with Gasteiger partial charge in [0.25, 0.3) is 0 Å². The van der Waals surface area contributed by atoms with Gasteiger partial charge in [-0.25, -0.2) is 0 Å². The zero-order valence-electron chi connectivity index (χ0n) is 12.6. The number of hydrogen-bond donors (Lipinski definition) is 1. The number of nitrogens with zero attached hydrogens (tertiary/aromatic N) is 1. The predicted molar refractivity (Wildman–Crippen MR) is 78.5 cm³/mol. The summed E-state index contributed by atoms with van der Waals surface area (Å²) in [5.41, 5.74) is 0. The molecule has 1 saturated carbocycles. The van der Waals surface area contributed by atoms with Crippen molar-refractivity contribution in [1.29, 1.82) is 0 Å². The van der Waals surface area contributed by atoms with E-state index in [1.54, 1.807) is 0 Å². The molecule has 4 nitrogen and oxygen atoms in total. The molecule has 3 rings (SSSR count). The van der Waals surface area contributed by atoms with Crippen LogP contribution in [-0.4, -0.2) is 49.2 Å². The summed E-state index contributed by atoms with van der Waals surface area (Å²) in [7, 11) is 0. The van der Waals surface area contributed by atoms with Gasteiger partial charge in [0, 0.05) is 25.7 Å². The minimum Gasteiger partial charge on any atom is -0.377 e. The van der Waals surface area contributed by atoms with Crippen molar-refractivity contribution in [3.05, 3.63) is 0 Å². The third kappa shape index (κ3) is 3.34. The van der Waals surface area contributed by atoms with E-state index in [0.29, 0.717) is 11.9 Å². The van der Waals surface area contributed by atoms with E-state index in [0.717, 1.165) is 45.0 Å². The smallest absolute Gasteiger partial charge is 0.228 e. The van der Waals surface area contributed by atoms with Gasteiger partial charge in [0.1, 0.15) is 0 Å². The van der Waals surface area contributed by atoms with E-state index in [4.69, 9.17) is 4.74 Å². The third-order valence-electron chi connectivity index (χ3n) is 5.02. The van der Waals surface area contributed by atoms with E-state index in [1.165, 1.54) is 25.7 Å². The van der Waals surface area contributed by atoms with E-state index >= 15 is 0 Å². The molecule has 3 fully saturated rings. The molecule has 1 N–H and O–H groups in total. The number of nitrogens with one attached hydrogen (secondary N) is 1. The molecule has 114 valence electrons. The molecule has 2 aliphatic heterocycles. The van der Waals surface area contributed by atoms with Gasteiger partial charge < -0.3 is 15.0 Å². The van der Waals surface area contributed by atoms with Crippen LogP contribution in [0.1, 0.15) is 45.4 Å². The number of hydrogen-bond acceptors (Lipinski definition) is 3. The second-order valence-electron chi connectivity index (χ2n) is 6.69. The van der Waals surface area contributed by atoms with Crippen LogP contribution in [0.3, 0.4) is 0 Å². The largest absolute Gasteiger partial charge is 0.377 e. The van der Waals surface area contributed by atoms with Crippen molar-refractivity contribution in [2.75, 3.05) is 26.2 Å².